The summed E-state index contributed by atoms with van der Waals surface area (Å²) in [5, 5.41) is 4.07. The van der Waals surface area contributed by atoms with Crippen LogP contribution in [0.4, 0.5) is 0 Å². The lowest BCUT2D eigenvalue weighted by Crippen LogP contribution is -2.12. The van der Waals surface area contributed by atoms with Gasteiger partial charge in [-0.2, -0.15) is 0 Å². The number of hydrogen-bond acceptors (Lipinski definition) is 8. The van der Waals surface area contributed by atoms with E-state index in [4.69, 9.17) is 10.5 Å². The number of ether oxygens (including phenoxy) is 1. The summed E-state index contributed by atoms with van der Waals surface area (Å²) in [6.45, 7) is 1.94. The zero-order valence-corrected chi connectivity index (χ0v) is 11.4. The van der Waals surface area contributed by atoms with Crippen LogP contribution in [0.3, 0.4) is 0 Å². The van der Waals surface area contributed by atoms with E-state index in [1.165, 1.54) is 6.33 Å². The topological polar surface area (TPSA) is 124 Å². The first-order valence-corrected chi connectivity index (χ1v) is 6.73. The van der Waals surface area contributed by atoms with Crippen LogP contribution in [0.1, 0.15) is 27.9 Å². The van der Waals surface area contributed by atoms with Gasteiger partial charge in [0.15, 0.2) is 5.69 Å². The smallest absolute Gasteiger partial charge is 0.361 e. The Labute approximate surface area is 115 Å². The van der Waals surface area contributed by atoms with Crippen LogP contribution in [-0.2, 0) is 4.74 Å². The molecular formula is C9H9N5O3S2. The Morgan fingerprint density at radius 1 is 1.58 bits per heavy atom. The highest BCUT2D eigenvalue weighted by atomic mass is 32.2. The number of imidazole rings is 1. The third-order valence-electron chi connectivity index (χ3n) is 1.97. The quantitative estimate of drug-likeness (QED) is 0.778. The normalized spacial score (nSPS) is 10.4. The molecular weight excluding hydrogens is 290 g/mol. The fraction of sp³-hybridized carbons (Fsp3) is 0.222. The van der Waals surface area contributed by atoms with Gasteiger partial charge in [-0.1, -0.05) is 16.3 Å². The first-order chi connectivity index (χ1) is 9.13. The molecule has 2 heterocycles. The van der Waals surface area contributed by atoms with E-state index in [0.29, 0.717) is 9.24 Å². The second-order valence-electron chi connectivity index (χ2n) is 3.18. The van der Waals surface area contributed by atoms with Gasteiger partial charge in [0.05, 0.1) is 12.9 Å². The van der Waals surface area contributed by atoms with Crippen LogP contribution in [-0.4, -0.2) is 38.0 Å². The molecule has 2 aromatic heterocycles. The second-order valence-corrected chi connectivity index (χ2v) is 5.19. The molecule has 2 rings (SSSR count). The molecule has 19 heavy (non-hydrogen) atoms. The molecule has 2 aromatic rings. The Hall–Kier alpha value is -1.94. The minimum absolute atomic E-state index is 0.107. The molecule has 0 fully saturated rings. The van der Waals surface area contributed by atoms with Crippen molar-refractivity contribution in [3.8, 4) is 0 Å². The van der Waals surface area contributed by atoms with Crippen LogP contribution >= 0.6 is 23.3 Å². The van der Waals surface area contributed by atoms with Crippen molar-refractivity contribution in [3.63, 3.8) is 0 Å². The van der Waals surface area contributed by atoms with Crippen LogP contribution in [0.2, 0.25) is 0 Å². The number of rotatable bonds is 5. The number of nitrogens with zero attached hydrogens (tertiary/aromatic N) is 3. The van der Waals surface area contributed by atoms with Crippen LogP contribution in [0.15, 0.2) is 15.6 Å². The van der Waals surface area contributed by atoms with Crippen molar-refractivity contribution in [1.82, 2.24) is 19.6 Å². The van der Waals surface area contributed by atoms with Gasteiger partial charge in [0.2, 0.25) is 0 Å². The standard InChI is InChI=1S/C9H9N5O3S2/c1-2-17-8(16)5-9(19-14-13-5)18-7-4(6(10)15)11-3-12-7/h3H,2H2,1H3,(H2,10,15)(H,11,12). The van der Waals surface area contributed by atoms with Crippen molar-refractivity contribution >= 4 is 35.2 Å². The van der Waals surface area contributed by atoms with Gasteiger partial charge in [-0.25, -0.2) is 9.78 Å². The number of aromatic nitrogens is 4. The van der Waals surface area contributed by atoms with Crippen LogP contribution in [0.25, 0.3) is 0 Å². The molecule has 10 heteroatoms. The fourth-order valence-corrected chi connectivity index (χ4v) is 2.85. The minimum atomic E-state index is -0.629. The lowest BCUT2D eigenvalue weighted by molar-refractivity contribution is 0.0515. The molecule has 1 amide bonds. The Bertz CT molecular complexity index is 609. The highest BCUT2D eigenvalue weighted by Crippen LogP contribution is 2.32. The summed E-state index contributed by atoms with van der Waals surface area (Å²) in [5.41, 5.74) is 5.47. The number of primary amides is 1. The van der Waals surface area contributed by atoms with Crippen LogP contribution in [0.5, 0.6) is 0 Å². The predicted octanol–water partition coefficient (Wildman–Crippen LogP) is 0.688. The fourth-order valence-electron chi connectivity index (χ4n) is 1.20. The molecule has 8 nitrogen and oxygen atoms in total. The monoisotopic (exact) mass is 299 g/mol. The van der Waals surface area contributed by atoms with Crippen LogP contribution < -0.4 is 5.73 Å². The summed E-state index contributed by atoms with van der Waals surface area (Å²) in [7, 11) is 0. The first-order valence-electron chi connectivity index (χ1n) is 5.14. The van der Waals surface area contributed by atoms with Gasteiger partial charge in [0.1, 0.15) is 14.9 Å². The highest BCUT2D eigenvalue weighted by molar-refractivity contribution is 8.01. The lowest BCUT2D eigenvalue weighted by Gasteiger charge is -2.00. The molecule has 0 atom stereocenters. The third kappa shape index (κ3) is 2.90. The number of carbonyl (C=O) groups is 2. The van der Waals surface area contributed by atoms with E-state index < -0.39 is 11.9 Å². The van der Waals surface area contributed by atoms with E-state index in [1.807, 2.05) is 0 Å². The molecule has 0 radical (unpaired) electrons. The Kier molecular flexibility index (Phi) is 4.12. The number of carbonyl (C=O) groups excluding carboxylic acids is 2. The summed E-state index contributed by atoms with van der Waals surface area (Å²) >= 11 is 2.10. The second kappa shape index (κ2) is 5.80. The Morgan fingerprint density at radius 3 is 3.05 bits per heavy atom. The van der Waals surface area contributed by atoms with E-state index in [9.17, 15) is 9.59 Å². The molecule has 100 valence electrons. The number of nitrogens with one attached hydrogen (secondary N) is 1. The molecule has 0 aliphatic rings. The molecule has 0 aromatic carbocycles. The maximum Gasteiger partial charge on any atom is 0.361 e. The summed E-state index contributed by atoms with van der Waals surface area (Å²) < 4.78 is 9.05. The summed E-state index contributed by atoms with van der Waals surface area (Å²) in [5.74, 6) is -1.19. The van der Waals surface area contributed by atoms with Gasteiger partial charge in [-0.15, -0.1) is 5.10 Å². The zero-order valence-electron chi connectivity index (χ0n) is 9.74. The molecule has 0 aliphatic heterocycles. The molecule has 0 saturated carbocycles. The predicted molar refractivity (Wildman–Crippen MR) is 67.1 cm³/mol. The average molecular weight is 299 g/mol. The van der Waals surface area contributed by atoms with Crippen molar-refractivity contribution < 1.29 is 14.3 Å². The van der Waals surface area contributed by atoms with E-state index >= 15 is 0 Å². The molecule has 0 saturated heterocycles. The molecule has 0 bridgehead atoms. The van der Waals surface area contributed by atoms with Crippen molar-refractivity contribution in [2.24, 2.45) is 5.73 Å². The van der Waals surface area contributed by atoms with Crippen molar-refractivity contribution in [2.75, 3.05) is 6.61 Å². The van der Waals surface area contributed by atoms with Gasteiger partial charge in [0, 0.05) is 0 Å². The van der Waals surface area contributed by atoms with Crippen LogP contribution in [0, 0.1) is 0 Å². The Balaban J connectivity index is 2.24. The Morgan fingerprint density at radius 2 is 2.37 bits per heavy atom. The van der Waals surface area contributed by atoms with Gasteiger partial charge < -0.3 is 15.5 Å². The summed E-state index contributed by atoms with van der Waals surface area (Å²) in [4.78, 5) is 29.4. The number of esters is 1. The number of nitrogens with two attached hydrogens (primary N) is 1. The molecule has 0 unspecified atom stereocenters. The van der Waals surface area contributed by atoms with Crippen molar-refractivity contribution in [1.29, 1.82) is 0 Å². The largest absolute Gasteiger partial charge is 0.461 e. The lowest BCUT2D eigenvalue weighted by atomic mass is 10.5. The van der Waals surface area contributed by atoms with E-state index in [2.05, 4.69) is 19.6 Å². The van der Waals surface area contributed by atoms with Gasteiger partial charge in [-0.05, 0) is 18.5 Å². The van der Waals surface area contributed by atoms with Gasteiger partial charge >= 0.3 is 5.97 Å². The van der Waals surface area contributed by atoms with Crippen molar-refractivity contribution in [3.05, 3.63) is 17.7 Å². The van der Waals surface area contributed by atoms with Gasteiger partial charge in [-0.3, -0.25) is 4.79 Å². The maximum atomic E-state index is 11.6. The zero-order chi connectivity index (χ0) is 13.8. The number of H-pyrrole nitrogens is 1. The minimum Gasteiger partial charge on any atom is -0.461 e. The number of amides is 1. The SMILES string of the molecule is CCOC(=O)c1nnsc1Sc1nc[nH]c1C(N)=O. The van der Waals surface area contributed by atoms with Crippen molar-refractivity contribution in [2.45, 2.75) is 16.2 Å². The number of hydrogen-bond donors (Lipinski definition) is 2. The molecule has 3 N–H and O–H groups in total. The first kappa shape index (κ1) is 13.5. The average Bonchev–Trinajstić information content (AvgIpc) is 2.98. The summed E-state index contributed by atoms with van der Waals surface area (Å²) in [6, 6.07) is 0. The maximum absolute atomic E-state index is 11.6. The van der Waals surface area contributed by atoms with Gasteiger partial charge in [0.25, 0.3) is 5.91 Å². The third-order valence-corrected chi connectivity index (χ3v) is 3.84. The van der Waals surface area contributed by atoms with E-state index in [0.717, 1.165) is 23.3 Å². The number of aromatic amines is 1. The molecule has 0 spiro atoms. The van der Waals surface area contributed by atoms with E-state index in [1.54, 1.807) is 6.92 Å². The molecule has 0 aliphatic carbocycles. The van der Waals surface area contributed by atoms with E-state index in [-0.39, 0.29) is 18.0 Å². The summed E-state index contributed by atoms with van der Waals surface area (Å²) in [6.07, 6.45) is 1.35. The highest BCUT2D eigenvalue weighted by Gasteiger charge is 2.21.